The summed E-state index contributed by atoms with van der Waals surface area (Å²) in [5, 5.41) is 59.8. The molecule has 5 rings (SSSR count). The summed E-state index contributed by atoms with van der Waals surface area (Å²) in [7, 11) is 1.35. The van der Waals surface area contributed by atoms with Gasteiger partial charge in [-0.3, -0.25) is 0 Å². The molecule has 1 aromatic rings. The van der Waals surface area contributed by atoms with Crippen molar-refractivity contribution in [1.82, 2.24) is 0 Å². The van der Waals surface area contributed by atoms with Crippen molar-refractivity contribution >= 4 is 5.97 Å². The number of phenols is 1. The molecule has 3 heterocycles. The Morgan fingerprint density at radius 1 is 1.11 bits per heavy atom. The Kier molecular flexibility index (Phi) is 6.59. The molecular weight excluding hydrogens is 484 g/mol. The quantitative estimate of drug-likeness (QED) is 0.173. The first kappa shape index (κ1) is 25.2. The van der Waals surface area contributed by atoms with Crippen LogP contribution in [0.2, 0.25) is 0 Å². The van der Waals surface area contributed by atoms with Crippen molar-refractivity contribution < 1.29 is 63.9 Å². The fourth-order valence-electron chi connectivity index (χ4n) is 5.28. The molecule has 1 aromatic carbocycles. The molecule has 1 aliphatic carbocycles. The number of benzene rings is 1. The van der Waals surface area contributed by atoms with Crippen LogP contribution in [0.4, 0.5) is 0 Å². The van der Waals surface area contributed by atoms with E-state index in [1.165, 1.54) is 31.6 Å². The molecule has 36 heavy (non-hydrogen) atoms. The van der Waals surface area contributed by atoms with Gasteiger partial charge in [-0.15, -0.1) is 0 Å². The van der Waals surface area contributed by atoms with Crippen LogP contribution in [-0.4, -0.2) is 112 Å². The van der Waals surface area contributed by atoms with Crippen LogP contribution in [0.25, 0.3) is 0 Å². The van der Waals surface area contributed by atoms with Gasteiger partial charge < -0.3 is 59.1 Å². The van der Waals surface area contributed by atoms with Crippen LogP contribution in [0.1, 0.15) is 10.4 Å². The number of esters is 1. The van der Waals surface area contributed by atoms with E-state index in [-0.39, 0.29) is 17.1 Å². The molecule has 13 nitrogen and oxygen atoms in total. The van der Waals surface area contributed by atoms with Gasteiger partial charge in [0, 0.05) is 5.92 Å². The van der Waals surface area contributed by atoms with E-state index in [0.717, 1.165) is 0 Å². The number of methoxy groups -OCH3 is 1. The first-order valence-electron chi connectivity index (χ1n) is 11.4. The van der Waals surface area contributed by atoms with Crippen LogP contribution in [0, 0.1) is 11.8 Å². The average molecular weight is 512 g/mol. The van der Waals surface area contributed by atoms with Gasteiger partial charge in [-0.1, -0.05) is 0 Å². The Labute approximate surface area is 205 Å². The summed E-state index contributed by atoms with van der Waals surface area (Å²) in [5.74, 6) is -1.95. The minimum atomic E-state index is -1.66. The van der Waals surface area contributed by atoms with Gasteiger partial charge in [-0.05, 0) is 24.3 Å². The summed E-state index contributed by atoms with van der Waals surface area (Å²) < 4.78 is 33.4. The maximum Gasteiger partial charge on any atom is 0.338 e. The van der Waals surface area contributed by atoms with Crippen molar-refractivity contribution in [2.45, 2.75) is 54.8 Å². The number of fused-ring (bicyclic) bond motifs is 3. The number of hydrogen-bond acceptors (Lipinski definition) is 13. The van der Waals surface area contributed by atoms with Gasteiger partial charge in [0.05, 0.1) is 38.1 Å². The standard InChI is InChI=1S/C23H28O13/c1-31-12-6-9(2-3-11(12)26)20(30)34-18-10-4-5-32-21(14(10)23(8-25)19(18)36-23)35-22-17(29)16(28)15(27)13(7-24)33-22/h2-6,10,13-19,21-22,24-29H,7-8H2,1H3/t10-,13+,14-,15+,16-,17+,18-,19+,21-,22-,23-/m0/s1. The second-order valence-corrected chi connectivity index (χ2v) is 9.18. The Bertz CT molecular complexity index is 1010. The van der Waals surface area contributed by atoms with Gasteiger partial charge in [0.2, 0.25) is 6.29 Å². The van der Waals surface area contributed by atoms with Crippen molar-refractivity contribution in [1.29, 1.82) is 0 Å². The van der Waals surface area contributed by atoms with Crippen LogP contribution >= 0.6 is 0 Å². The second-order valence-electron chi connectivity index (χ2n) is 9.18. The van der Waals surface area contributed by atoms with E-state index in [1.807, 2.05) is 0 Å². The molecule has 1 saturated carbocycles. The minimum absolute atomic E-state index is 0.0973. The lowest BCUT2D eigenvalue weighted by Gasteiger charge is -2.43. The summed E-state index contributed by atoms with van der Waals surface area (Å²) in [6.07, 6.45) is -7.19. The summed E-state index contributed by atoms with van der Waals surface area (Å²) in [4.78, 5) is 12.9. The van der Waals surface area contributed by atoms with Crippen molar-refractivity contribution in [2.75, 3.05) is 20.3 Å². The van der Waals surface area contributed by atoms with Crippen LogP contribution in [0.3, 0.4) is 0 Å². The monoisotopic (exact) mass is 512 g/mol. The summed E-state index contributed by atoms with van der Waals surface area (Å²) in [5.41, 5.74) is -1.03. The minimum Gasteiger partial charge on any atom is -0.504 e. The lowest BCUT2D eigenvalue weighted by atomic mass is 9.85. The van der Waals surface area contributed by atoms with Crippen molar-refractivity contribution in [3.63, 3.8) is 0 Å². The number of phenolic OH excluding ortho intramolecular Hbond substituents is 1. The van der Waals surface area contributed by atoms with E-state index in [0.29, 0.717) is 0 Å². The fraction of sp³-hybridized carbons (Fsp3) is 0.609. The highest BCUT2D eigenvalue weighted by atomic mass is 16.8. The zero-order valence-corrected chi connectivity index (χ0v) is 19.1. The molecule has 2 saturated heterocycles. The van der Waals surface area contributed by atoms with Crippen molar-refractivity contribution in [2.24, 2.45) is 11.8 Å². The first-order valence-corrected chi connectivity index (χ1v) is 11.4. The normalized spacial score (nSPS) is 42.7. The average Bonchev–Trinajstić information content (AvgIpc) is 3.56. The molecule has 3 fully saturated rings. The van der Waals surface area contributed by atoms with E-state index in [9.17, 15) is 35.4 Å². The van der Waals surface area contributed by atoms with Crippen LogP contribution in [-0.2, 0) is 23.7 Å². The molecule has 0 spiro atoms. The molecular formula is C23H28O13. The number of epoxide rings is 1. The van der Waals surface area contributed by atoms with Crippen molar-refractivity contribution in [3.05, 3.63) is 36.1 Å². The Hall–Kier alpha value is -2.49. The molecule has 0 aromatic heterocycles. The lowest BCUT2D eigenvalue weighted by Crippen LogP contribution is -2.60. The Morgan fingerprint density at radius 3 is 2.58 bits per heavy atom. The van der Waals surface area contributed by atoms with Gasteiger partial charge in [0.15, 0.2) is 17.8 Å². The number of hydrogen-bond donors (Lipinski definition) is 6. The first-order chi connectivity index (χ1) is 17.2. The number of aliphatic hydroxyl groups excluding tert-OH is 5. The van der Waals surface area contributed by atoms with Crippen LogP contribution < -0.4 is 4.74 Å². The summed E-state index contributed by atoms with van der Waals surface area (Å²) >= 11 is 0. The van der Waals surface area contributed by atoms with E-state index < -0.39 is 85.8 Å². The molecule has 13 heteroatoms. The molecule has 4 aliphatic rings. The van der Waals surface area contributed by atoms with E-state index in [2.05, 4.69) is 0 Å². The molecule has 0 amide bonds. The predicted octanol–water partition coefficient (Wildman–Crippen LogP) is -2.01. The Balaban J connectivity index is 1.35. The molecule has 0 unspecified atom stereocenters. The van der Waals surface area contributed by atoms with Gasteiger partial charge in [-0.25, -0.2) is 4.79 Å². The van der Waals surface area contributed by atoms with Gasteiger partial charge in [0.25, 0.3) is 0 Å². The molecule has 0 bridgehead atoms. The number of carbonyl (C=O) groups excluding carboxylic acids is 1. The largest absolute Gasteiger partial charge is 0.504 e. The summed E-state index contributed by atoms with van der Waals surface area (Å²) in [6, 6.07) is 4.02. The molecule has 198 valence electrons. The van der Waals surface area contributed by atoms with Crippen LogP contribution in [0.5, 0.6) is 11.5 Å². The van der Waals surface area contributed by atoms with Gasteiger partial charge in [0.1, 0.15) is 42.2 Å². The summed E-state index contributed by atoms with van der Waals surface area (Å²) in [6.45, 7) is -1.07. The number of aliphatic hydroxyl groups is 5. The van der Waals surface area contributed by atoms with Crippen LogP contribution in [0.15, 0.2) is 30.5 Å². The third kappa shape index (κ3) is 3.92. The van der Waals surface area contributed by atoms with E-state index in [1.54, 1.807) is 6.08 Å². The van der Waals surface area contributed by atoms with Gasteiger partial charge >= 0.3 is 5.97 Å². The van der Waals surface area contributed by atoms with Gasteiger partial charge in [-0.2, -0.15) is 0 Å². The number of carbonyl (C=O) groups is 1. The van der Waals surface area contributed by atoms with E-state index >= 15 is 0 Å². The maximum absolute atomic E-state index is 12.9. The number of rotatable bonds is 7. The van der Waals surface area contributed by atoms with E-state index in [4.69, 9.17) is 28.4 Å². The van der Waals surface area contributed by atoms with Crippen molar-refractivity contribution in [3.8, 4) is 11.5 Å². The smallest absolute Gasteiger partial charge is 0.338 e. The highest BCUT2D eigenvalue weighted by molar-refractivity contribution is 5.90. The fourth-order valence-corrected chi connectivity index (χ4v) is 5.28. The molecule has 0 radical (unpaired) electrons. The molecule has 6 N–H and O–H groups in total. The second kappa shape index (κ2) is 9.43. The highest BCUT2D eigenvalue weighted by Crippen LogP contribution is 2.60. The SMILES string of the molecule is COc1cc(C(=O)O[C@H]2[C@H]3C=CO[C@@H](O[C@@H]4O[C@H](CO)[C@@H](O)[C@H](O)[C@H]4O)[C@H]3[C@]3(CO)O[C@H]23)ccc1O. The number of aromatic hydroxyl groups is 1. The highest BCUT2D eigenvalue weighted by Gasteiger charge is 2.77. The predicted molar refractivity (Wildman–Crippen MR) is 114 cm³/mol. The topological polar surface area (TPSA) is 197 Å². The molecule has 11 atom stereocenters. The third-order valence-corrected chi connectivity index (χ3v) is 7.26. The third-order valence-electron chi connectivity index (χ3n) is 7.26. The Morgan fingerprint density at radius 2 is 1.89 bits per heavy atom. The molecule has 3 aliphatic heterocycles. The maximum atomic E-state index is 12.9. The zero-order valence-electron chi connectivity index (χ0n) is 19.1. The lowest BCUT2D eigenvalue weighted by molar-refractivity contribution is -0.344. The number of ether oxygens (including phenoxy) is 6. The zero-order chi connectivity index (χ0) is 25.8.